The van der Waals surface area contributed by atoms with Gasteiger partial charge in [-0.15, -0.1) is 0 Å². The second-order valence-electron chi connectivity index (χ2n) is 8.50. The predicted octanol–water partition coefficient (Wildman–Crippen LogP) is 2.55. The number of ether oxygens (including phenoxy) is 5. The van der Waals surface area contributed by atoms with Gasteiger partial charge in [-0.2, -0.15) is 5.26 Å². The molecule has 0 saturated carbocycles. The van der Waals surface area contributed by atoms with Crippen molar-refractivity contribution in [1.29, 1.82) is 5.26 Å². The van der Waals surface area contributed by atoms with Gasteiger partial charge in [0.05, 0.1) is 46.1 Å². The summed E-state index contributed by atoms with van der Waals surface area (Å²) in [7, 11) is 1.86. The molecule has 1 aromatic carbocycles. The maximum atomic E-state index is 12.2. The van der Waals surface area contributed by atoms with Crippen molar-refractivity contribution in [2.45, 2.75) is 25.7 Å². The lowest BCUT2D eigenvalue weighted by Gasteiger charge is -2.16. The number of hydrogen-bond acceptors (Lipinski definition) is 10. The number of anilines is 1. The van der Waals surface area contributed by atoms with Crippen molar-refractivity contribution in [3.8, 4) is 11.2 Å². The largest absolute Gasteiger partial charge is 0.490 e. The summed E-state index contributed by atoms with van der Waals surface area (Å²) >= 11 is 0.929. The number of amides is 2. The van der Waals surface area contributed by atoms with Gasteiger partial charge >= 0.3 is 0 Å². The maximum Gasteiger partial charge on any atom is 0.246 e. The topological polar surface area (TPSA) is 140 Å². The van der Waals surface area contributed by atoms with Gasteiger partial charge in [0.2, 0.25) is 11.8 Å². The third-order valence-corrected chi connectivity index (χ3v) is 5.37. The fourth-order valence-corrected chi connectivity index (χ4v) is 3.27. The number of carbonyl (C=O) groups is 2. The predicted molar refractivity (Wildman–Crippen MR) is 151 cm³/mol. The Morgan fingerprint density at radius 1 is 1.05 bits per heavy atom. The van der Waals surface area contributed by atoms with E-state index >= 15 is 0 Å². The average molecular weight is 567 g/mol. The lowest BCUT2D eigenvalue weighted by molar-refractivity contribution is -0.126. The zero-order valence-corrected chi connectivity index (χ0v) is 23.9. The minimum Gasteiger partial charge on any atom is -0.490 e. The number of likely N-dealkylation sites (N-methyl/N-ethyl adjacent to an activating group) is 1. The standard InChI is InChI=1S/C27H42N4O7S/c1-22(2)6-5-10-30-26(33)19-36-16-17-37-27(39-21-28)20-38-24-8-4-7-23(18-24)31-25(32)9-12-34-14-15-35-13-11-29-3/h4-8,18,22,27,29H,9-17,19-20H2,1-3H3,(H,30,33)(H,31,32)/b6-5+. The third kappa shape index (κ3) is 20.0. The molecule has 11 nitrogen and oxygen atoms in total. The van der Waals surface area contributed by atoms with Crippen LogP contribution in [0.25, 0.3) is 0 Å². The Morgan fingerprint density at radius 2 is 1.82 bits per heavy atom. The summed E-state index contributed by atoms with van der Waals surface area (Å²) in [4.78, 5) is 23.9. The SMILES string of the molecule is CNCCOCCOCCC(=O)Nc1cccc(OCC(OCCOCC(=O)NC/C=C/C(C)C)SC#N)c1. The molecule has 0 fully saturated rings. The first-order valence-electron chi connectivity index (χ1n) is 12.9. The normalized spacial score (nSPS) is 11.9. The van der Waals surface area contributed by atoms with E-state index in [1.165, 1.54) is 0 Å². The van der Waals surface area contributed by atoms with Crippen molar-refractivity contribution < 1.29 is 33.3 Å². The Kier molecular flexibility index (Phi) is 20.5. The van der Waals surface area contributed by atoms with Gasteiger partial charge in [-0.05, 0) is 36.9 Å². The number of benzene rings is 1. The highest BCUT2D eigenvalue weighted by Gasteiger charge is 2.12. The molecule has 0 saturated heterocycles. The number of thiocyanates is 1. The van der Waals surface area contributed by atoms with Crippen molar-refractivity contribution in [2.75, 3.05) is 78.3 Å². The van der Waals surface area contributed by atoms with E-state index in [1.54, 1.807) is 24.3 Å². The minimum atomic E-state index is -0.550. The zero-order valence-electron chi connectivity index (χ0n) is 23.1. The third-order valence-electron chi connectivity index (χ3n) is 4.73. The Hall–Kier alpha value is -2.66. The van der Waals surface area contributed by atoms with Gasteiger partial charge in [0, 0.05) is 24.8 Å². The molecule has 218 valence electrons. The van der Waals surface area contributed by atoms with Gasteiger partial charge in [0.1, 0.15) is 24.4 Å². The maximum absolute atomic E-state index is 12.2. The first-order valence-corrected chi connectivity index (χ1v) is 13.8. The molecule has 1 aromatic rings. The highest BCUT2D eigenvalue weighted by Crippen LogP contribution is 2.20. The first-order chi connectivity index (χ1) is 18.9. The smallest absolute Gasteiger partial charge is 0.246 e. The molecule has 1 unspecified atom stereocenters. The van der Waals surface area contributed by atoms with Crippen LogP contribution in [-0.2, 0) is 28.5 Å². The van der Waals surface area contributed by atoms with Gasteiger partial charge < -0.3 is 39.6 Å². The van der Waals surface area contributed by atoms with E-state index in [0.717, 1.165) is 18.3 Å². The van der Waals surface area contributed by atoms with Crippen LogP contribution in [0.15, 0.2) is 36.4 Å². The van der Waals surface area contributed by atoms with Gasteiger partial charge in [-0.1, -0.05) is 32.1 Å². The number of nitriles is 1. The summed E-state index contributed by atoms with van der Waals surface area (Å²) in [6.45, 7) is 7.64. The molecule has 0 aliphatic rings. The lowest BCUT2D eigenvalue weighted by Crippen LogP contribution is -2.28. The van der Waals surface area contributed by atoms with Crippen molar-refractivity contribution in [1.82, 2.24) is 10.6 Å². The number of carbonyl (C=O) groups excluding carboxylic acids is 2. The van der Waals surface area contributed by atoms with Gasteiger partial charge in [0.25, 0.3) is 0 Å². The van der Waals surface area contributed by atoms with Crippen molar-refractivity contribution in [2.24, 2.45) is 5.92 Å². The van der Waals surface area contributed by atoms with Crippen molar-refractivity contribution in [3.63, 3.8) is 0 Å². The van der Waals surface area contributed by atoms with Gasteiger partial charge in [0.15, 0.2) is 5.44 Å². The molecule has 0 heterocycles. The summed E-state index contributed by atoms with van der Waals surface area (Å²) in [5, 5.41) is 19.6. The number of allylic oxidation sites excluding steroid dienone is 1. The van der Waals surface area contributed by atoms with Crippen molar-refractivity contribution >= 4 is 29.3 Å². The highest BCUT2D eigenvalue weighted by atomic mass is 32.2. The van der Waals surface area contributed by atoms with Gasteiger partial charge in [-0.25, -0.2) is 0 Å². The molecule has 39 heavy (non-hydrogen) atoms. The highest BCUT2D eigenvalue weighted by molar-refractivity contribution is 8.04. The number of hydrogen-bond donors (Lipinski definition) is 3. The fraction of sp³-hybridized carbons (Fsp3) is 0.593. The molecular formula is C27H42N4O7S. The lowest BCUT2D eigenvalue weighted by atomic mass is 10.2. The molecule has 0 aliphatic carbocycles. The van der Waals surface area contributed by atoms with Crippen LogP contribution in [0, 0.1) is 16.6 Å². The van der Waals surface area contributed by atoms with E-state index in [-0.39, 0.29) is 44.7 Å². The summed E-state index contributed by atoms with van der Waals surface area (Å²) in [5.41, 5.74) is 0.0379. The van der Waals surface area contributed by atoms with E-state index in [9.17, 15) is 9.59 Å². The molecule has 1 rings (SSSR count). The van der Waals surface area contributed by atoms with Crippen LogP contribution < -0.4 is 20.7 Å². The second-order valence-corrected chi connectivity index (χ2v) is 9.45. The fourth-order valence-electron chi connectivity index (χ4n) is 2.85. The van der Waals surface area contributed by atoms with Crippen LogP contribution in [-0.4, -0.2) is 90.2 Å². The van der Waals surface area contributed by atoms with Crippen LogP contribution in [0.1, 0.15) is 20.3 Å². The number of nitrogens with one attached hydrogen (secondary N) is 3. The van der Waals surface area contributed by atoms with Crippen LogP contribution in [0.2, 0.25) is 0 Å². The van der Waals surface area contributed by atoms with Crippen LogP contribution in [0.4, 0.5) is 5.69 Å². The molecule has 3 N–H and O–H groups in total. The molecule has 0 aromatic heterocycles. The monoisotopic (exact) mass is 566 g/mol. The van der Waals surface area contributed by atoms with Crippen molar-refractivity contribution in [3.05, 3.63) is 36.4 Å². The second kappa shape index (κ2) is 23.2. The number of thioether (sulfide) groups is 1. The van der Waals surface area contributed by atoms with E-state index < -0.39 is 5.44 Å². The molecule has 0 radical (unpaired) electrons. The molecule has 0 aliphatic heterocycles. The van der Waals surface area contributed by atoms with E-state index in [0.29, 0.717) is 50.3 Å². The molecular weight excluding hydrogens is 524 g/mol. The molecule has 12 heteroatoms. The van der Waals surface area contributed by atoms with E-state index in [1.807, 2.05) is 24.6 Å². The Labute approximate surface area is 235 Å². The summed E-state index contributed by atoms with van der Waals surface area (Å²) in [6, 6.07) is 6.96. The molecule has 2 amide bonds. The van der Waals surface area contributed by atoms with Gasteiger partial charge in [-0.3, -0.25) is 9.59 Å². The zero-order chi connectivity index (χ0) is 28.6. The van der Waals surface area contributed by atoms with E-state index in [4.69, 9.17) is 28.9 Å². The Bertz CT molecular complexity index is 880. The van der Waals surface area contributed by atoms with Crippen LogP contribution in [0.3, 0.4) is 0 Å². The number of nitrogens with zero attached hydrogens (tertiary/aromatic N) is 1. The molecule has 0 bridgehead atoms. The molecule has 0 spiro atoms. The van der Waals surface area contributed by atoms with E-state index in [2.05, 4.69) is 29.8 Å². The summed E-state index contributed by atoms with van der Waals surface area (Å²) in [6.07, 6.45) is 4.13. The van der Waals surface area contributed by atoms with Crippen LogP contribution in [0.5, 0.6) is 5.75 Å². The number of rotatable bonds is 23. The summed E-state index contributed by atoms with van der Waals surface area (Å²) in [5.74, 6) is 0.572. The average Bonchev–Trinajstić information content (AvgIpc) is 2.91. The Morgan fingerprint density at radius 3 is 2.56 bits per heavy atom. The first kappa shape index (κ1) is 34.4. The summed E-state index contributed by atoms with van der Waals surface area (Å²) < 4.78 is 27.5. The minimum absolute atomic E-state index is 0.0680. The Balaban J connectivity index is 2.27. The molecule has 1 atom stereocenters. The quantitative estimate of drug-likeness (QED) is 0.0783. The van der Waals surface area contributed by atoms with Crippen LogP contribution >= 0.6 is 11.8 Å².